The number of hydrogen-bond acceptors (Lipinski definition) is 2. The fourth-order valence-corrected chi connectivity index (χ4v) is 4.04. The van der Waals surface area contributed by atoms with Gasteiger partial charge in [0.05, 0.1) is 5.69 Å². The Hall–Kier alpha value is -3.14. The van der Waals surface area contributed by atoms with Gasteiger partial charge in [-0.2, -0.15) is 0 Å². The van der Waals surface area contributed by atoms with Gasteiger partial charge in [0.25, 0.3) is 5.91 Å². The first-order chi connectivity index (χ1) is 15.0. The standard InChI is InChI=1S/C28H35NO3/c1-20(15-16-25-23(4)13-9-17-28(25,5)6)10-7-11-22(3)19-26(30)29(27(31)32)24-14-8-12-21(2)18-24/h7-8,10-12,14-16,18-19H,9,13,17H2,1-6H3,(H,31,32). The van der Waals surface area contributed by atoms with E-state index in [0.29, 0.717) is 11.3 Å². The van der Waals surface area contributed by atoms with Crippen molar-refractivity contribution in [3.63, 3.8) is 0 Å². The van der Waals surface area contributed by atoms with E-state index < -0.39 is 12.0 Å². The van der Waals surface area contributed by atoms with Gasteiger partial charge in [-0.05, 0) is 81.2 Å². The van der Waals surface area contributed by atoms with Gasteiger partial charge in [0.15, 0.2) is 0 Å². The normalized spacial score (nSPS) is 17.3. The molecule has 1 aliphatic carbocycles. The first-order valence-electron chi connectivity index (χ1n) is 11.1. The van der Waals surface area contributed by atoms with Crippen molar-refractivity contribution < 1.29 is 14.7 Å². The minimum atomic E-state index is -1.30. The van der Waals surface area contributed by atoms with E-state index in [4.69, 9.17) is 0 Å². The van der Waals surface area contributed by atoms with Crippen molar-refractivity contribution in [3.05, 3.63) is 88.6 Å². The monoisotopic (exact) mass is 433 g/mol. The maximum absolute atomic E-state index is 12.6. The Morgan fingerprint density at radius 1 is 1.09 bits per heavy atom. The van der Waals surface area contributed by atoms with Gasteiger partial charge in [-0.15, -0.1) is 0 Å². The van der Waals surface area contributed by atoms with Gasteiger partial charge >= 0.3 is 6.09 Å². The second kappa shape index (κ2) is 10.9. The molecule has 1 aliphatic rings. The molecule has 4 nitrogen and oxygen atoms in total. The number of allylic oxidation sites excluding steroid dienone is 9. The maximum atomic E-state index is 12.6. The van der Waals surface area contributed by atoms with Crippen molar-refractivity contribution in [2.75, 3.05) is 4.90 Å². The van der Waals surface area contributed by atoms with Crippen LogP contribution in [0.5, 0.6) is 0 Å². The molecule has 32 heavy (non-hydrogen) atoms. The van der Waals surface area contributed by atoms with Crippen LogP contribution in [0.15, 0.2) is 83.0 Å². The first-order valence-corrected chi connectivity index (χ1v) is 11.1. The Morgan fingerprint density at radius 3 is 2.44 bits per heavy atom. The summed E-state index contributed by atoms with van der Waals surface area (Å²) < 4.78 is 0. The Bertz CT molecular complexity index is 1020. The lowest BCUT2D eigenvalue weighted by atomic mass is 9.72. The van der Waals surface area contributed by atoms with Gasteiger partial charge in [0.2, 0.25) is 0 Å². The van der Waals surface area contributed by atoms with E-state index in [1.54, 1.807) is 31.2 Å². The van der Waals surface area contributed by atoms with E-state index in [1.807, 2.05) is 32.1 Å². The number of carbonyl (C=O) groups excluding carboxylic acids is 1. The lowest BCUT2D eigenvalue weighted by Gasteiger charge is -2.32. The molecule has 0 spiro atoms. The van der Waals surface area contributed by atoms with Crippen molar-refractivity contribution in [1.82, 2.24) is 0 Å². The van der Waals surface area contributed by atoms with Crippen LogP contribution in [-0.4, -0.2) is 17.1 Å². The number of anilines is 1. The van der Waals surface area contributed by atoms with Crippen LogP contribution in [0.25, 0.3) is 0 Å². The maximum Gasteiger partial charge on any atom is 0.419 e. The average Bonchev–Trinajstić information content (AvgIpc) is 2.66. The lowest BCUT2D eigenvalue weighted by Crippen LogP contribution is -2.34. The molecule has 0 aromatic heterocycles. The number of rotatable bonds is 6. The molecule has 0 saturated heterocycles. The van der Waals surface area contributed by atoms with Crippen LogP contribution in [-0.2, 0) is 4.79 Å². The topological polar surface area (TPSA) is 57.6 Å². The third-order valence-corrected chi connectivity index (χ3v) is 5.80. The summed E-state index contributed by atoms with van der Waals surface area (Å²) in [5, 5.41) is 9.51. The van der Waals surface area contributed by atoms with Crippen molar-refractivity contribution >= 4 is 17.7 Å². The zero-order chi connectivity index (χ0) is 23.9. The van der Waals surface area contributed by atoms with Gasteiger partial charge < -0.3 is 5.11 Å². The highest BCUT2D eigenvalue weighted by Crippen LogP contribution is 2.40. The van der Waals surface area contributed by atoms with Crippen LogP contribution in [0.1, 0.15) is 59.4 Å². The van der Waals surface area contributed by atoms with E-state index in [2.05, 4.69) is 32.9 Å². The predicted octanol–water partition coefficient (Wildman–Crippen LogP) is 7.54. The molecule has 0 atom stereocenters. The van der Waals surface area contributed by atoms with Crippen LogP contribution in [0.4, 0.5) is 10.5 Å². The summed E-state index contributed by atoms with van der Waals surface area (Å²) in [6.07, 6.45) is 13.7. The molecule has 170 valence electrons. The molecule has 0 saturated carbocycles. The molecule has 0 aliphatic heterocycles. The van der Waals surface area contributed by atoms with Crippen molar-refractivity contribution in [3.8, 4) is 0 Å². The largest absolute Gasteiger partial charge is 0.464 e. The zero-order valence-electron chi connectivity index (χ0n) is 20.1. The molecule has 1 N–H and O–H groups in total. The summed E-state index contributed by atoms with van der Waals surface area (Å²) in [6, 6.07) is 6.88. The lowest BCUT2D eigenvalue weighted by molar-refractivity contribution is -0.113. The number of benzene rings is 1. The third-order valence-electron chi connectivity index (χ3n) is 5.80. The second-order valence-electron chi connectivity index (χ2n) is 9.22. The van der Waals surface area contributed by atoms with Crippen LogP contribution in [0, 0.1) is 12.3 Å². The Balaban J connectivity index is 2.11. The highest BCUT2D eigenvalue weighted by atomic mass is 16.4. The molecular weight excluding hydrogens is 398 g/mol. The van der Waals surface area contributed by atoms with Crippen molar-refractivity contribution in [2.24, 2.45) is 5.41 Å². The molecule has 0 fully saturated rings. The summed E-state index contributed by atoms with van der Waals surface area (Å²) in [6.45, 7) is 12.5. The number of carboxylic acid groups (broad SMARTS) is 1. The molecular formula is C28H35NO3. The van der Waals surface area contributed by atoms with Crippen LogP contribution in [0.3, 0.4) is 0 Å². The smallest absolute Gasteiger partial charge is 0.419 e. The van der Waals surface area contributed by atoms with Crippen LogP contribution in [0.2, 0.25) is 0 Å². The number of amides is 2. The van der Waals surface area contributed by atoms with Gasteiger partial charge in [0.1, 0.15) is 0 Å². The van der Waals surface area contributed by atoms with E-state index in [9.17, 15) is 14.7 Å². The fraction of sp³-hybridized carbons (Fsp3) is 0.357. The summed E-state index contributed by atoms with van der Waals surface area (Å²) in [5.41, 5.74) is 6.11. The fourth-order valence-electron chi connectivity index (χ4n) is 4.04. The molecule has 2 amide bonds. The Morgan fingerprint density at radius 2 is 1.81 bits per heavy atom. The summed E-state index contributed by atoms with van der Waals surface area (Å²) >= 11 is 0. The minimum absolute atomic E-state index is 0.210. The van der Waals surface area contributed by atoms with E-state index in [0.717, 1.165) is 16.0 Å². The van der Waals surface area contributed by atoms with Gasteiger partial charge in [-0.3, -0.25) is 4.79 Å². The molecule has 0 radical (unpaired) electrons. The summed E-state index contributed by atoms with van der Waals surface area (Å²) in [4.78, 5) is 25.0. The zero-order valence-corrected chi connectivity index (χ0v) is 20.1. The number of carbonyl (C=O) groups is 2. The van der Waals surface area contributed by atoms with Crippen LogP contribution < -0.4 is 4.90 Å². The van der Waals surface area contributed by atoms with Gasteiger partial charge in [0, 0.05) is 6.08 Å². The van der Waals surface area contributed by atoms with Gasteiger partial charge in [-0.25, -0.2) is 9.69 Å². The molecule has 4 heteroatoms. The summed E-state index contributed by atoms with van der Waals surface area (Å²) in [5.74, 6) is -0.590. The Kier molecular flexibility index (Phi) is 8.59. The van der Waals surface area contributed by atoms with Gasteiger partial charge in [-0.1, -0.05) is 67.5 Å². The minimum Gasteiger partial charge on any atom is -0.464 e. The van der Waals surface area contributed by atoms with Crippen molar-refractivity contribution in [2.45, 2.75) is 60.8 Å². The van der Waals surface area contributed by atoms with E-state index in [-0.39, 0.29) is 5.41 Å². The molecule has 0 unspecified atom stereocenters. The quantitative estimate of drug-likeness (QED) is 0.372. The molecule has 0 heterocycles. The van der Waals surface area contributed by atoms with E-state index >= 15 is 0 Å². The Labute approximate surface area is 192 Å². The van der Waals surface area contributed by atoms with Crippen molar-refractivity contribution in [1.29, 1.82) is 0 Å². The average molecular weight is 434 g/mol. The molecule has 2 rings (SSSR count). The number of imide groups is 1. The summed E-state index contributed by atoms with van der Waals surface area (Å²) in [7, 11) is 0. The highest BCUT2D eigenvalue weighted by molar-refractivity contribution is 6.16. The van der Waals surface area contributed by atoms with Crippen LogP contribution >= 0.6 is 0 Å². The second-order valence-corrected chi connectivity index (χ2v) is 9.22. The first kappa shape index (κ1) is 25.1. The number of hydrogen-bond donors (Lipinski definition) is 1. The van der Waals surface area contributed by atoms with E-state index in [1.165, 1.54) is 36.5 Å². The number of nitrogens with zero attached hydrogens (tertiary/aromatic N) is 1. The molecule has 0 bridgehead atoms. The highest BCUT2D eigenvalue weighted by Gasteiger charge is 2.26. The number of aryl methyl sites for hydroxylation is 1. The third kappa shape index (κ3) is 6.94. The predicted molar refractivity (Wildman–Crippen MR) is 133 cm³/mol. The SMILES string of the molecule is CC(C=CC1=C(C)CCCC1(C)C)=CC=CC(C)=CC(=O)N(C(=O)O)c1cccc(C)c1. The molecule has 1 aromatic carbocycles. The molecule has 1 aromatic rings.